The van der Waals surface area contributed by atoms with Crippen LogP contribution in [0.15, 0.2) is 46.2 Å². The molecule has 7 nitrogen and oxygen atoms in total. The number of carbonyl (C=O) groups is 1. The van der Waals surface area contributed by atoms with Gasteiger partial charge in [-0.1, -0.05) is 23.2 Å². The molecule has 0 spiro atoms. The summed E-state index contributed by atoms with van der Waals surface area (Å²) in [6, 6.07) is 7.46. The van der Waals surface area contributed by atoms with E-state index < -0.39 is 23.2 Å². The number of aromatic carboxylic acids is 1. The van der Waals surface area contributed by atoms with E-state index in [-0.39, 0.29) is 37.3 Å². The molecule has 0 fully saturated rings. The highest BCUT2D eigenvalue weighted by Crippen LogP contribution is 2.27. The molecule has 1 heterocycles. The Balaban J connectivity index is 2.14. The number of hydrogen-bond donors (Lipinski definition) is 3. The molecule has 0 amide bonds. The predicted molar refractivity (Wildman–Crippen MR) is 110 cm³/mol. The van der Waals surface area contributed by atoms with Gasteiger partial charge < -0.3 is 10.2 Å². The van der Waals surface area contributed by atoms with Gasteiger partial charge in [0.1, 0.15) is 11.4 Å². The molecule has 0 aliphatic carbocycles. The van der Waals surface area contributed by atoms with Crippen molar-refractivity contribution < 1.29 is 19.4 Å². The van der Waals surface area contributed by atoms with Crippen molar-refractivity contribution in [3.8, 4) is 11.6 Å². The van der Waals surface area contributed by atoms with Crippen LogP contribution in [0.5, 0.6) is 5.88 Å². The second-order valence-corrected chi connectivity index (χ2v) is 6.86. The molecule has 2 aromatic carbocycles. The number of aromatic amines is 1. The first-order chi connectivity index (χ1) is 13.7. The Morgan fingerprint density at radius 1 is 1.21 bits per heavy atom. The molecule has 0 saturated carbocycles. The minimum atomic E-state index is -1.18. The van der Waals surface area contributed by atoms with E-state index in [1.807, 2.05) is 0 Å². The van der Waals surface area contributed by atoms with Gasteiger partial charge in [-0.3, -0.25) is 19.3 Å². The van der Waals surface area contributed by atoms with Crippen LogP contribution >= 0.6 is 35.4 Å². The van der Waals surface area contributed by atoms with Crippen LogP contribution in [0.1, 0.15) is 15.9 Å². The molecule has 3 aromatic rings. The number of hydrogen-bond acceptors (Lipinski definition) is 5. The number of rotatable bonds is 4. The minimum Gasteiger partial charge on any atom is -0.494 e. The Morgan fingerprint density at radius 3 is 2.59 bits per heavy atom. The maximum absolute atomic E-state index is 13.4. The lowest BCUT2D eigenvalue weighted by molar-refractivity contribution is 0.0697. The van der Waals surface area contributed by atoms with Crippen molar-refractivity contribution in [3.05, 3.63) is 78.5 Å². The van der Waals surface area contributed by atoms with Crippen LogP contribution in [0.4, 0.5) is 10.1 Å². The van der Waals surface area contributed by atoms with E-state index in [2.05, 4.69) is 9.98 Å². The number of carboxylic acid groups (broad SMARTS) is 1. The van der Waals surface area contributed by atoms with Crippen LogP contribution in [0.25, 0.3) is 5.69 Å². The van der Waals surface area contributed by atoms with Gasteiger partial charge in [-0.05, 0) is 48.6 Å². The third-order valence-corrected chi connectivity index (χ3v) is 4.70. The zero-order chi connectivity index (χ0) is 21.3. The summed E-state index contributed by atoms with van der Waals surface area (Å²) in [5.41, 5.74) is -0.807. The molecule has 0 atom stereocenters. The van der Waals surface area contributed by atoms with Crippen molar-refractivity contribution in [1.82, 2.24) is 9.55 Å². The largest absolute Gasteiger partial charge is 0.494 e. The topological polar surface area (TPSA) is 108 Å². The number of nitrogens with one attached hydrogen (secondary N) is 1. The SMILES string of the molecule is O=C(O)c1ccc(Cl)c(N=Cc2c(O)n(-c3ccc(F)c(Cl)c3)c(=S)[nH]c2=O)c1. The number of aromatic hydroxyl groups is 1. The molecule has 0 aliphatic rings. The van der Waals surface area contributed by atoms with Crippen LogP contribution in [0.3, 0.4) is 0 Å². The average molecular weight is 454 g/mol. The summed E-state index contributed by atoms with van der Waals surface area (Å²) >= 11 is 16.8. The van der Waals surface area contributed by atoms with Crippen LogP contribution in [-0.2, 0) is 0 Å². The first kappa shape index (κ1) is 20.7. The summed E-state index contributed by atoms with van der Waals surface area (Å²) in [5, 5.41) is 19.6. The highest BCUT2D eigenvalue weighted by Gasteiger charge is 2.14. The van der Waals surface area contributed by atoms with Gasteiger partial charge in [0.05, 0.1) is 27.0 Å². The quantitative estimate of drug-likeness (QED) is 0.398. The van der Waals surface area contributed by atoms with E-state index in [0.717, 1.165) is 16.8 Å². The van der Waals surface area contributed by atoms with E-state index in [1.165, 1.54) is 30.3 Å². The lowest BCUT2D eigenvalue weighted by Crippen LogP contribution is -2.18. The normalized spacial score (nSPS) is 11.1. The fourth-order valence-corrected chi connectivity index (χ4v) is 3.02. The van der Waals surface area contributed by atoms with Gasteiger partial charge in [-0.15, -0.1) is 0 Å². The van der Waals surface area contributed by atoms with Gasteiger partial charge in [0.2, 0.25) is 5.88 Å². The molecule has 0 bridgehead atoms. The first-order valence-corrected chi connectivity index (χ1v) is 8.96. The summed E-state index contributed by atoms with van der Waals surface area (Å²) in [6.45, 7) is 0. The average Bonchev–Trinajstić information content (AvgIpc) is 2.65. The molecule has 0 saturated heterocycles. The smallest absolute Gasteiger partial charge is 0.335 e. The molecule has 1 aromatic heterocycles. The fourth-order valence-electron chi connectivity index (χ4n) is 2.40. The van der Waals surface area contributed by atoms with Crippen molar-refractivity contribution in [2.75, 3.05) is 0 Å². The number of nitrogens with zero attached hydrogens (tertiary/aromatic N) is 2. The van der Waals surface area contributed by atoms with Crippen molar-refractivity contribution in [2.45, 2.75) is 0 Å². The standard InChI is InChI=1S/C18H10Cl2FN3O4S/c19-11-3-1-8(17(27)28)5-14(11)22-7-10-15(25)23-18(29)24(16(10)26)9-2-4-13(21)12(20)6-9/h1-7,26H,(H,27,28)(H,23,25,29). The predicted octanol–water partition coefficient (Wildman–Crippen LogP) is 4.50. The Bertz CT molecular complexity index is 1290. The third kappa shape index (κ3) is 4.21. The summed E-state index contributed by atoms with van der Waals surface area (Å²) in [6.07, 6.45) is 1.01. The number of aliphatic imine (C=N–C) groups is 1. The molecule has 11 heteroatoms. The molecular formula is C18H10Cl2FN3O4S. The molecule has 0 radical (unpaired) electrons. The fraction of sp³-hybridized carbons (Fsp3) is 0. The number of carboxylic acids is 1. The number of halogens is 3. The minimum absolute atomic E-state index is 0.0587. The summed E-state index contributed by atoms with van der Waals surface area (Å²) in [5.74, 6) is -2.42. The summed E-state index contributed by atoms with van der Waals surface area (Å²) in [7, 11) is 0. The number of aromatic nitrogens is 2. The van der Waals surface area contributed by atoms with Gasteiger partial charge >= 0.3 is 5.97 Å². The Hall–Kier alpha value is -3.01. The zero-order valence-corrected chi connectivity index (χ0v) is 16.5. The monoisotopic (exact) mass is 453 g/mol. The molecule has 0 unspecified atom stereocenters. The van der Waals surface area contributed by atoms with Crippen molar-refractivity contribution in [1.29, 1.82) is 0 Å². The summed E-state index contributed by atoms with van der Waals surface area (Å²) < 4.78 is 14.3. The van der Waals surface area contributed by atoms with Gasteiger partial charge in [-0.25, -0.2) is 9.18 Å². The molecular weight excluding hydrogens is 444 g/mol. The number of benzene rings is 2. The molecule has 29 heavy (non-hydrogen) atoms. The first-order valence-electron chi connectivity index (χ1n) is 7.79. The van der Waals surface area contributed by atoms with Crippen molar-refractivity contribution >= 4 is 53.3 Å². The second kappa shape index (κ2) is 8.16. The van der Waals surface area contributed by atoms with Crippen LogP contribution in [0, 0.1) is 10.6 Å². The highest BCUT2D eigenvalue weighted by molar-refractivity contribution is 7.71. The molecule has 0 aliphatic heterocycles. The van der Waals surface area contributed by atoms with Crippen molar-refractivity contribution in [3.63, 3.8) is 0 Å². The number of H-pyrrole nitrogens is 1. The van der Waals surface area contributed by atoms with E-state index in [0.29, 0.717) is 0 Å². The lowest BCUT2D eigenvalue weighted by atomic mass is 10.2. The van der Waals surface area contributed by atoms with Crippen LogP contribution in [0.2, 0.25) is 10.0 Å². The van der Waals surface area contributed by atoms with Crippen molar-refractivity contribution in [2.24, 2.45) is 4.99 Å². The Morgan fingerprint density at radius 2 is 1.93 bits per heavy atom. The van der Waals surface area contributed by atoms with E-state index >= 15 is 0 Å². The van der Waals surface area contributed by atoms with Crippen LogP contribution < -0.4 is 5.56 Å². The maximum atomic E-state index is 13.4. The Labute approximate surface area is 177 Å². The van der Waals surface area contributed by atoms with Crippen LogP contribution in [-0.4, -0.2) is 31.9 Å². The highest BCUT2D eigenvalue weighted by atomic mass is 35.5. The zero-order valence-electron chi connectivity index (χ0n) is 14.2. The molecule has 148 valence electrons. The molecule has 3 rings (SSSR count). The van der Waals surface area contributed by atoms with Gasteiger partial charge in [0.25, 0.3) is 5.56 Å². The molecule has 3 N–H and O–H groups in total. The third-order valence-electron chi connectivity index (χ3n) is 3.81. The van der Waals surface area contributed by atoms with E-state index in [4.69, 9.17) is 40.5 Å². The van der Waals surface area contributed by atoms with Gasteiger partial charge in [0, 0.05) is 6.21 Å². The van der Waals surface area contributed by atoms with E-state index in [1.54, 1.807) is 0 Å². The lowest BCUT2D eigenvalue weighted by Gasteiger charge is -2.11. The van der Waals surface area contributed by atoms with Gasteiger partial charge in [0.15, 0.2) is 4.77 Å². The second-order valence-electron chi connectivity index (χ2n) is 5.66. The summed E-state index contributed by atoms with van der Waals surface area (Å²) in [4.78, 5) is 29.7. The Kier molecular flexibility index (Phi) is 5.83. The van der Waals surface area contributed by atoms with Gasteiger partial charge in [-0.2, -0.15) is 0 Å². The maximum Gasteiger partial charge on any atom is 0.335 e. The van der Waals surface area contributed by atoms with E-state index in [9.17, 15) is 19.1 Å².